The van der Waals surface area contributed by atoms with Crippen LogP contribution in [0.15, 0.2) is 40.9 Å². The number of anilines is 1. The Kier molecular flexibility index (Phi) is 6.07. The van der Waals surface area contributed by atoms with Crippen molar-refractivity contribution in [2.45, 2.75) is 44.6 Å². The van der Waals surface area contributed by atoms with Crippen molar-refractivity contribution in [1.82, 2.24) is 9.78 Å². The molecule has 0 amide bonds. The van der Waals surface area contributed by atoms with Crippen LogP contribution in [0.1, 0.15) is 38.7 Å². The van der Waals surface area contributed by atoms with Gasteiger partial charge in [-0.3, -0.25) is 4.68 Å². The number of methoxy groups -OCH3 is 1. The molecule has 0 spiro atoms. The molecular formula is C22H28IN3O3S. The molecule has 1 fully saturated rings. The maximum atomic E-state index is 12.1. The monoisotopic (exact) mass is 541 g/mol. The summed E-state index contributed by atoms with van der Waals surface area (Å²) in [5.74, 6) is 2.74. The average Bonchev–Trinajstić information content (AvgIpc) is 3.38. The second-order valence-corrected chi connectivity index (χ2v) is 12.9. The standard InChI is InChI=1S/C22H28IN3O3S/c1-5-14(2)17(16-7-8-16)11-21-23-18-13-26(25-22(18)24-21)12-15-6-9-19(29-3)20(10-15)30(4,27)28/h6,9-11,13-14,16H,5,7-8,12H2,1-4H3,(H,24,25)/b17-11+. The fraction of sp³-hybridized carbons (Fsp3) is 0.455. The lowest BCUT2D eigenvalue weighted by atomic mass is 9.94. The van der Waals surface area contributed by atoms with Gasteiger partial charge in [0.05, 0.1) is 20.9 Å². The lowest BCUT2D eigenvalue weighted by molar-refractivity contribution is 0.402. The molecule has 162 valence electrons. The molecule has 30 heavy (non-hydrogen) atoms. The molecule has 2 aromatic rings. The largest absolute Gasteiger partial charge is 0.495 e. The van der Waals surface area contributed by atoms with Crippen LogP contribution in [0.5, 0.6) is 5.75 Å². The Morgan fingerprint density at radius 1 is 1.43 bits per heavy atom. The van der Waals surface area contributed by atoms with Gasteiger partial charge in [-0.1, -0.05) is 46.2 Å². The maximum Gasteiger partial charge on any atom is 0.179 e. The van der Waals surface area contributed by atoms with Gasteiger partial charge in [0, 0.05) is 12.5 Å². The van der Waals surface area contributed by atoms with E-state index in [2.05, 4.69) is 31.4 Å². The van der Waals surface area contributed by atoms with E-state index < -0.39 is 9.84 Å². The molecule has 0 bridgehead atoms. The number of benzene rings is 1. The predicted octanol–water partition coefficient (Wildman–Crippen LogP) is 4.42. The third-order valence-corrected chi connectivity index (χ3v) is 9.30. The lowest BCUT2D eigenvalue weighted by Crippen LogP contribution is -2.10. The smallest absolute Gasteiger partial charge is 0.179 e. The maximum absolute atomic E-state index is 12.1. The summed E-state index contributed by atoms with van der Waals surface area (Å²) in [6, 6.07) is 5.27. The second kappa shape index (κ2) is 8.45. The van der Waals surface area contributed by atoms with Crippen LogP contribution in [-0.4, -0.2) is 35.2 Å². The van der Waals surface area contributed by atoms with Crippen LogP contribution in [0, 0.1) is 15.4 Å². The van der Waals surface area contributed by atoms with Crippen LogP contribution < -0.4 is 10.1 Å². The Hall–Kier alpha value is -1.68. The van der Waals surface area contributed by atoms with E-state index in [1.54, 1.807) is 17.7 Å². The Morgan fingerprint density at radius 3 is 2.80 bits per heavy atom. The fourth-order valence-electron chi connectivity index (χ4n) is 3.70. The van der Waals surface area contributed by atoms with Crippen molar-refractivity contribution in [3.8, 4) is 5.75 Å². The molecule has 1 aromatic carbocycles. The Balaban J connectivity index is 1.54. The summed E-state index contributed by atoms with van der Waals surface area (Å²) >= 11 is -0.264. The number of sulfone groups is 1. The first-order chi connectivity index (χ1) is 14.3. The van der Waals surface area contributed by atoms with Gasteiger partial charge in [-0.15, -0.1) is 0 Å². The summed E-state index contributed by atoms with van der Waals surface area (Å²) in [5.41, 5.74) is 2.48. The topological polar surface area (TPSA) is 73.2 Å². The molecular weight excluding hydrogens is 513 g/mol. The van der Waals surface area contributed by atoms with E-state index in [-0.39, 0.29) is 25.6 Å². The van der Waals surface area contributed by atoms with Crippen molar-refractivity contribution in [2.75, 3.05) is 18.7 Å². The van der Waals surface area contributed by atoms with E-state index in [0.29, 0.717) is 18.2 Å². The molecule has 6 nitrogen and oxygen atoms in total. The number of fused-ring (bicyclic) bond motifs is 1. The van der Waals surface area contributed by atoms with Gasteiger partial charge >= 0.3 is 0 Å². The molecule has 0 saturated heterocycles. The van der Waals surface area contributed by atoms with E-state index in [1.807, 2.05) is 10.7 Å². The minimum Gasteiger partial charge on any atom is -0.495 e. The zero-order valence-corrected chi connectivity index (χ0v) is 20.7. The number of hydrogen-bond acceptors (Lipinski definition) is 5. The summed E-state index contributed by atoms with van der Waals surface area (Å²) in [5, 5.41) is 8.23. The van der Waals surface area contributed by atoms with E-state index in [4.69, 9.17) is 9.84 Å². The number of nitrogens with one attached hydrogen (secondary N) is 1. The molecule has 4 rings (SSSR count). The fourth-order valence-corrected chi connectivity index (χ4v) is 7.07. The van der Waals surface area contributed by atoms with Crippen LogP contribution in [0.4, 0.5) is 5.82 Å². The summed E-state index contributed by atoms with van der Waals surface area (Å²) < 4.78 is 33.8. The third-order valence-electron chi connectivity index (χ3n) is 5.65. The quantitative estimate of drug-likeness (QED) is 0.501. The van der Waals surface area contributed by atoms with Crippen molar-refractivity contribution in [2.24, 2.45) is 11.8 Å². The lowest BCUT2D eigenvalue weighted by Gasteiger charge is -2.14. The molecule has 1 atom stereocenters. The van der Waals surface area contributed by atoms with Gasteiger partial charge in [0.15, 0.2) is 15.7 Å². The number of halogens is 1. The van der Waals surface area contributed by atoms with E-state index in [1.165, 1.54) is 39.8 Å². The van der Waals surface area contributed by atoms with Crippen LogP contribution in [0.2, 0.25) is 0 Å². The molecule has 1 aliphatic heterocycles. The zero-order chi connectivity index (χ0) is 21.5. The first-order valence-corrected chi connectivity index (χ1v) is 14.3. The third kappa shape index (κ3) is 4.64. The van der Waals surface area contributed by atoms with Gasteiger partial charge in [0.25, 0.3) is 0 Å². The molecule has 1 saturated carbocycles. The van der Waals surface area contributed by atoms with E-state index in [0.717, 1.165) is 17.3 Å². The zero-order valence-electron chi connectivity index (χ0n) is 17.8. The number of aromatic nitrogens is 2. The van der Waals surface area contributed by atoms with Crippen LogP contribution in [0.25, 0.3) is 0 Å². The first-order valence-electron chi connectivity index (χ1n) is 10.2. The van der Waals surface area contributed by atoms with Crippen molar-refractivity contribution in [3.63, 3.8) is 0 Å². The van der Waals surface area contributed by atoms with E-state index >= 15 is 0 Å². The summed E-state index contributed by atoms with van der Waals surface area (Å²) in [7, 11) is -1.88. The Morgan fingerprint density at radius 2 is 2.20 bits per heavy atom. The highest BCUT2D eigenvalue weighted by Gasteiger charge is 2.29. The number of rotatable bonds is 8. The van der Waals surface area contributed by atoms with Crippen molar-refractivity contribution < 1.29 is 13.2 Å². The van der Waals surface area contributed by atoms with Crippen molar-refractivity contribution >= 4 is 40.0 Å². The highest BCUT2D eigenvalue weighted by atomic mass is 127. The minimum atomic E-state index is -3.36. The number of hydrogen-bond donors (Lipinski definition) is 1. The van der Waals surface area contributed by atoms with Crippen LogP contribution in [-0.2, 0) is 16.4 Å². The summed E-state index contributed by atoms with van der Waals surface area (Å²) in [6.07, 6.45) is 9.55. The van der Waals surface area contributed by atoms with Gasteiger partial charge < -0.3 is 10.1 Å². The Labute approximate surface area is 188 Å². The summed E-state index contributed by atoms with van der Waals surface area (Å²) in [4.78, 5) is 0.214. The number of allylic oxidation sites excluding steroid dienone is 1. The summed E-state index contributed by atoms with van der Waals surface area (Å²) in [6.45, 7) is 5.11. The molecule has 1 aliphatic carbocycles. The highest BCUT2D eigenvalue weighted by molar-refractivity contribution is 14.2. The van der Waals surface area contributed by atoms with Gasteiger partial charge in [0.2, 0.25) is 0 Å². The number of nitrogens with zero attached hydrogens (tertiary/aromatic N) is 2. The average molecular weight is 541 g/mol. The van der Waals surface area contributed by atoms with Crippen molar-refractivity contribution in [1.29, 1.82) is 0 Å². The normalized spacial score (nSPS) is 17.6. The molecule has 2 aliphatic rings. The molecule has 0 radical (unpaired) electrons. The molecule has 8 heteroatoms. The highest BCUT2D eigenvalue weighted by Crippen LogP contribution is 2.42. The molecule has 1 aromatic heterocycles. The van der Waals surface area contributed by atoms with Gasteiger partial charge in [0.1, 0.15) is 10.6 Å². The Bertz CT molecular complexity index is 1130. The van der Waals surface area contributed by atoms with Gasteiger partial charge in [-0.25, -0.2) is 8.42 Å². The second-order valence-electron chi connectivity index (χ2n) is 8.08. The van der Waals surface area contributed by atoms with Crippen LogP contribution >= 0.6 is 20.7 Å². The predicted molar refractivity (Wildman–Crippen MR) is 129 cm³/mol. The first kappa shape index (κ1) is 21.5. The number of ether oxygens (including phenoxy) is 1. The van der Waals surface area contributed by atoms with Crippen molar-refractivity contribution in [3.05, 3.63) is 45.2 Å². The van der Waals surface area contributed by atoms with E-state index in [9.17, 15) is 8.42 Å². The van der Waals surface area contributed by atoms with Gasteiger partial charge in [-0.2, -0.15) is 5.10 Å². The minimum absolute atomic E-state index is 0.214. The van der Waals surface area contributed by atoms with Crippen LogP contribution in [0.3, 0.4) is 0 Å². The molecule has 2 heterocycles. The molecule has 1 unspecified atom stereocenters. The SMILES string of the molecule is CCC(C)/C(=C\C1=Ic2cn(Cc3ccc(OC)c(S(C)(=O)=O)c3)nc2N1)C1CC1. The van der Waals surface area contributed by atoms with Gasteiger partial charge in [-0.05, 0) is 54.9 Å². The molecule has 1 N–H and O–H groups in total.